The third kappa shape index (κ3) is 22.3. The molecule has 9 heteroatoms. The van der Waals surface area contributed by atoms with Crippen LogP contribution < -0.4 is 0 Å². The molecule has 0 radical (unpaired) electrons. The van der Waals surface area contributed by atoms with Crippen LogP contribution in [0.25, 0.3) is 0 Å². The summed E-state index contributed by atoms with van der Waals surface area (Å²) < 4.78 is 30.6. The molecule has 0 aliphatic heterocycles. The van der Waals surface area contributed by atoms with Crippen LogP contribution in [0.4, 0.5) is 0 Å². The Morgan fingerprint density at radius 3 is 1.52 bits per heavy atom. The molecule has 0 aromatic carbocycles. The standard InChI is InChI=1S/C15H28O6S.C3H6O2/c1-3-5-6-7-8-9-10-11-12-13-15(17)21-22(18,19)20-14(16)4-2;1-2-3(4)5/h3-13H2,1-2H3;2H2,1H3,(H,4,5). The maximum absolute atomic E-state index is 11.3. The summed E-state index contributed by atoms with van der Waals surface area (Å²) in [5.74, 6) is -2.58. The summed E-state index contributed by atoms with van der Waals surface area (Å²) >= 11 is 0. The molecule has 0 aromatic rings. The second-order valence-corrected chi connectivity index (χ2v) is 7.15. The van der Waals surface area contributed by atoms with Gasteiger partial charge in [-0.15, -0.1) is 8.42 Å². The highest BCUT2D eigenvalue weighted by atomic mass is 32.3. The molecule has 0 fully saturated rings. The number of carboxylic acids is 1. The molecule has 160 valence electrons. The average Bonchev–Trinajstić information content (AvgIpc) is 2.59. The van der Waals surface area contributed by atoms with Crippen molar-refractivity contribution < 1.29 is 36.3 Å². The smallest absolute Gasteiger partial charge is 0.481 e. The average molecular weight is 411 g/mol. The summed E-state index contributed by atoms with van der Waals surface area (Å²) in [5.41, 5.74) is 0. The molecule has 0 bridgehead atoms. The van der Waals surface area contributed by atoms with Gasteiger partial charge in [0, 0.05) is 19.3 Å². The number of carboxylic acid groups (broad SMARTS) is 1. The van der Waals surface area contributed by atoms with Crippen molar-refractivity contribution in [2.45, 2.75) is 97.8 Å². The van der Waals surface area contributed by atoms with Gasteiger partial charge in [0.2, 0.25) is 0 Å². The summed E-state index contributed by atoms with van der Waals surface area (Å²) in [6.07, 6.45) is 9.96. The van der Waals surface area contributed by atoms with E-state index in [0.29, 0.717) is 6.42 Å². The van der Waals surface area contributed by atoms with Crippen molar-refractivity contribution in [2.24, 2.45) is 0 Å². The van der Waals surface area contributed by atoms with Crippen LogP contribution in [0.2, 0.25) is 0 Å². The molecule has 0 amide bonds. The molecule has 0 aliphatic rings. The second kappa shape index (κ2) is 17.8. The third-order valence-corrected chi connectivity index (χ3v) is 4.25. The lowest BCUT2D eigenvalue weighted by atomic mass is 10.1. The number of hydrogen-bond acceptors (Lipinski definition) is 7. The first-order chi connectivity index (χ1) is 12.7. The van der Waals surface area contributed by atoms with Crippen LogP contribution in [0.3, 0.4) is 0 Å². The van der Waals surface area contributed by atoms with Crippen LogP contribution in [0, 0.1) is 0 Å². The van der Waals surface area contributed by atoms with Crippen molar-refractivity contribution in [1.82, 2.24) is 0 Å². The Morgan fingerprint density at radius 2 is 1.11 bits per heavy atom. The third-order valence-electron chi connectivity index (χ3n) is 3.47. The lowest BCUT2D eigenvalue weighted by Gasteiger charge is -2.05. The van der Waals surface area contributed by atoms with Gasteiger partial charge < -0.3 is 13.5 Å². The van der Waals surface area contributed by atoms with Crippen LogP contribution >= 0.6 is 0 Å². The van der Waals surface area contributed by atoms with Crippen molar-refractivity contribution in [2.75, 3.05) is 0 Å². The predicted octanol–water partition coefficient (Wildman–Crippen LogP) is 4.13. The first-order valence-electron chi connectivity index (χ1n) is 9.59. The summed E-state index contributed by atoms with van der Waals surface area (Å²) in [4.78, 5) is 31.6. The van der Waals surface area contributed by atoms with Crippen LogP contribution in [0.15, 0.2) is 0 Å². The Morgan fingerprint density at radius 1 is 0.704 bits per heavy atom. The summed E-state index contributed by atoms with van der Waals surface area (Å²) in [6.45, 7) is 5.23. The molecule has 0 saturated heterocycles. The molecule has 8 nitrogen and oxygen atoms in total. The Bertz CT molecular complexity index is 513. The number of rotatable bonds is 14. The number of carbonyl (C=O) groups is 3. The van der Waals surface area contributed by atoms with Gasteiger partial charge in [0.25, 0.3) is 0 Å². The highest BCUT2D eigenvalue weighted by molar-refractivity contribution is 7.82. The topological polar surface area (TPSA) is 124 Å². The normalized spacial score (nSPS) is 10.5. The second-order valence-electron chi connectivity index (χ2n) is 6.00. The maximum atomic E-state index is 11.3. The highest BCUT2D eigenvalue weighted by Gasteiger charge is 2.21. The van der Waals surface area contributed by atoms with Gasteiger partial charge in [-0.3, -0.25) is 14.4 Å². The van der Waals surface area contributed by atoms with E-state index in [4.69, 9.17) is 5.11 Å². The van der Waals surface area contributed by atoms with Gasteiger partial charge in [-0.05, 0) is 6.42 Å². The van der Waals surface area contributed by atoms with Gasteiger partial charge in [-0.1, -0.05) is 72.1 Å². The molecule has 27 heavy (non-hydrogen) atoms. The van der Waals surface area contributed by atoms with Gasteiger partial charge in [0.1, 0.15) is 0 Å². The predicted molar refractivity (Wildman–Crippen MR) is 101 cm³/mol. The number of hydrogen-bond donors (Lipinski definition) is 1. The van der Waals surface area contributed by atoms with Crippen molar-refractivity contribution in [3.63, 3.8) is 0 Å². The molecule has 0 spiro atoms. The molecule has 0 saturated carbocycles. The summed E-state index contributed by atoms with van der Waals surface area (Å²) in [5, 5.41) is 7.72. The zero-order valence-electron chi connectivity index (χ0n) is 16.7. The summed E-state index contributed by atoms with van der Waals surface area (Å²) in [7, 11) is -4.55. The van der Waals surface area contributed by atoms with E-state index >= 15 is 0 Å². The van der Waals surface area contributed by atoms with E-state index in [1.165, 1.54) is 39.0 Å². The molecule has 0 atom stereocenters. The van der Waals surface area contributed by atoms with Gasteiger partial charge in [0.05, 0.1) is 0 Å². The number of carbonyl (C=O) groups excluding carboxylic acids is 2. The van der Waals surface area contributed by atoms with E-state index < -0.39 is 28.3 Å². The fourth-order valence-electron chi connectivity index (χ4n) is 1.93. The Balaban J connectivity index is 0. The summed E-state index contributed by atoms with van der Waals surface area (Å²) in [6, 6.07) is 0. The SMILES string of the molecule is CCC(=O)O.CCCCCCCCCCCC(=O)OS(=O)(=O)OC(=O)CC. The molecular weight excluding hydrogens is 376 g/mol. The fourth-order valence-corrected chi connectivity index (χ4v) is 2.62. The van der Waals surface area contributed by atoms with Crippen molar-refractivity contribution in [3.05, 3.63) is 0 Å². The molecule has 0 rings (SSSR count). The quantitative estimate of drug-likeness (QED) is 0.424. The fraction of sp³-hybridized carbons (Fsp3) is 0.833. The monoisotopic (exact) mass is 410 g/mol. The zero-order valence-corrected chi connectivity index (χ0v) is 17.5. The lowest BCUT2D eigenvalue weighted by Crippen LogP contribution is -2.18. The van der Waals surface area contributed by atoms with Crippen molar-refractivity contribution in [3.8, 4) is 0 Å². The van der Waals surface area contributed by atoms with E-state index in [2.05, 4.69) is 15.3 Å². The minimum atomic E-state index is -4.55. The van der Waals surface area contributed by atoms with Crippen molar-refractivity contribution in [1.29, 1.82) is 0 Å². The maximum Gasteiger partial charge on any atom is 0.506 e. The number of aliphatic carboxylic acids is 1. The van der Waals surface area contributed by atoms with Crippen LogP contribution in [0.5, 0.6) is 0 Å². The van der Waals surface area contributed by atoms with E-state index in [-0.39, 0.29) is 19.3 Å². The van der Waals surface area contributed by atoms with Gasteiger partial charge in [0.15, 0.2) is 0 Å². The van der Waals surface area contributed by atoms with E-state index in [1.807, 2.05) is 0 Å². The number of unbranched alkanes of at least 4 members (excludes halogenated alkanes) is 8. The first kappa shape index (κ1) is 27.6. The van der Waals surface area contributed by atoms with Crippen LogP contribution in [0.1, 0.15) is 97.8 Å². The molecule has 0 unspecified atom stereocenters. The van der Waals surface area contributed by atoms with E-state index in [0.717, 1.165) is 19.3 Å². The van der Waals surface area contributed by atoms with Crippen LogP contribution in [-0.2, 0) is 33.1 Å². The molecule has 0 aliphatic carbocycles. The Labute approximate surface area is 162 Å². The highest BCUT2D eigenvalue weighted by Crippen LogP contribution is 2.11. The van der Waals surface area contributed by atoms with Gasteiger partial charge in [-0.25, -0.2) is 0 Å². The minimum Gasteiger partial charge on any atom is -0.481 e. The Hall–Kier alpha value is -1.64. The van der Waals surface area contributed by atoms with Crippen molar-refractivity contribution >= 4 is 28.3 Å². The molecule has 0 heterocycles. The van der Waals surface area contributed by atoms with Gasteiger partial charge in [-0.2, -0.15) is 0 Å². The van der Waals surface area contributed by atoms with E-state index in [9.17, 15) is 22.8 Å². The lowest BCUT2D eigenvalue weighted by molar-refractivity contribution is -0.138. The Kier molecular flexibility index (Phi) is 18.1. The molecule has 1 N–H and O–H groups in total. The minimum absolute atomic E-state index is 0.0126. The van der Waals surface area contributed by atoms with Crippen LogP contribution in [-0.4, -0.2) is 31.4 Å². The molecule has 0 aromatic heterocycles. The zero-order chi connectivity index (χ0) is 21.1. The van der Waals surface area contributed by atoms with E-state index in [1.54, 1.807) is 6.92 Å². The first-order valence-corrected chi connectivity index (χ1v) is 10.9. The largest absolute Gasteiger partial charge is 0.506 e. The van der Waals surface area contributed by atoms with Gasteiger partial charge >= 0.3 is 28.3 Å². The molecular formula is C18H34O8S.